The van der Waals surface area contributed by atoms with Crippen LogP contribution in [0.1, 0.15) is 30.6 Å². The largest absolute Gasteiger partial charge is 0.451 e. The fraction of sp³-hybridized carbons (Fsp3) is 0.300. The highest BCUT2D eigenvalue weighted by atomic mass is 32.2. The number of carbonyl (C=O) groups excluding carboxylic acids is 2. The van der Waals surface area contributed by atoms with Crippen molar-refractivity contribution < 1.29 is 14.3 Å². The Morgan fingerprint density at radius 1 is 1.04 bits per heavy atom. The Balaban J connectivity index is 1.71. The van der Waals surface area contributed by atoms with E-state index in [0.29, 0.717) is 0 Å². The van der Waals surface area contributed by atoms with Gasteiger partial charge >= 0.3 is 5.97 Å². The number of hydrogen-bond acceptors (Lipinski definition) is 4. The summed E-state index contributed by atoms with van der Waals surface area (Å²) in [6.45, 7) is 1.62. The topological polar surface area (TPSA) is 55.4 Å². The van der Waals surface area contributed by atoms with Gasteiger partial charge in [-0.1, -0.05) is 48.5 Å². The Kier molecular flexibility index (Phi) is 5.76. The molecule has 0 aliphatic heterocycles. The third-order valence-electron chi connectivity index (χ3n) is 3.90. The van der Waals surface area contributed by atoms with Gasteiger partial charge in [-0.05, 0) is 37.5 Å². The first-order chi connectivity index (χ1) is 12.1. The van der Waals surface area contributed by atoms with Crippen LogP contribution in [0.15, 0.2) is 65.6 Å². The molecular weight excluding hydrogens is 334 g/mol. The second-order valence-corrected chi connectivity index (χ2v) is 7.26. The molecule has 0 unspecified atom stereocenters. The maximum atomic E-state index is 12.7. The smallest absolute Gasteiger partial charge is 0.324 e. The van der Waals surface area contributed by atoms with E-state index in [1.807, 2.05) is 60.7 Å². The summed E-state index contributed by atoms with van der Waals surface area (Å²) in [7, 11) is 0. The van der Waals surface area contributed by atoms with E-state index in [1.54, 1.807) is 6.92 Å². The number of carbonyl (C=O) groups is 2. The Hall–Kier alpha value is -2.27. The predicted octanol–water partition coefficient (Wildman–Crippen LogP) is 3.73. The molecule has 4 nitrogen and oxygen atoms in total. The molecule has 0 bridgehead atoms. The summed E-state index contributed by atoms with van der Waals surface area (Å²) in [6, 6.07) is 19.5. The second kappa shape index (κ2) is 8.21. The van der Waals surface area contributed by atoms with Gasteiger partial charge in [0.2, 0.25) is 0 Å². The average molecular weight is 355 g/mol. The van der Waals surface area contributed by atoms with Crippen molar-refractivity contribution in [2.24, 2.45) is 0 Å². The van der Waals surface area contributed by atoms with Crippen molar-refractivity contribution in [3.63, 3.8) is 0 Å². The first-order valence-corrected chi connectivity index (χ1v) is 9.29. The molecule has 1 aliphatic carbocycles. The molecule has 1 N–H and O–H groups in total. The number of amides is 1. The van der Waals surface area contributed by atoms with E-state index < -0.39 is 17.3 Å². The molecular formula is C20H21NO3S. The van der Waals surface area contributed by atoms with Crippen LogP contribution in [-0.2, 0) is 14.3 Å². The first kappa shape index (κ1) is 17.5. The van der Waals surface area contributed by atoms with Crippen molar-refractivity contribution in [2.75, 3.05) is 0 Å². The van der Waals surface area contributed by atoms with Gasteiger partial charge < -0.3 is 10.1 Å². The Bertz CT molecular complexity index is 716. The molecule has 0 aromatic heterocycles. The molecule has 1 fully saturated rings. The van der Waals surface area contributed by atoms with Crippen LogP contribution < -0.4 is 5.32 Å². The fourth-order valence-corrected chi connectivity index (χ4v) is 3.38. The molecule has 1 amide bonds. The van der Waals surface area contributed by atoms with Gasteiger partial charge in [0.1, 0.15) is 5.25 Å². The summed E-state index contributed by atoms with van der Waals surface area (Å²) in [5, 5.41) is 2.35. The maximum Gasteiger partial charge on any atom is 0.324 e. The van der Waals surface area contributed by atoms with Gasteiger partial charge in [0, 0.05) is 10.9 Å². The number of hydrogen-bond donors (Lipinski definition) is 1. The molecule has 0 saturated heterocycles. The number of esters is 1. The van der Waals surface area contributed by atoms with Crippen LogP contribution in [0.2, 0.25) is 0 Å². The molecule has 0 spiro atoms. The van der Waals surface area contributed by atoms with Crippen molar-refractivity contribution in [3.05, 3.63) is 66.2 Å². The van der Waals surface area contributed by atoms with Gasteiger partial charge in [0.15, 0.2) is 6.10 Å². The Morgan fingerprint density at radius 2 is 1.64 bits per heavy atom. The van der Waals surface area contributed by atoms with E-state index in [9.17, 15) is 9.59 Å². The minimum Gasteiger partial charge on any atom is -0.451 e. The maximum absolute atomic E-state index is 12.7. The van der Waals surface area contributed by atoms with Gasteiger partial charge in [-0.3, -0.25) is 9.59 Å². The Labute approximate surface area is 152 Å². The number of rotatable bonds is 7. The van der Waals surface area contributed by atoms with Crippen molar-refractivity contribution >= 4 is 23.6 Å². The van der Waals surface area contributed by atoms with Gasteiger partial charge in [-0.2, -0.15) is 0 Å². The highest BCUT2D eigenvalue weighted by Crippen LogP contribution is 2.36. The van der Waals surface area contributed by atoms with Crippen molar-refractivity contribution in [1.82, 2.24) is 5.32 Å². The van der Waals surface area contributed by atoms with Crippen LogP contribution in [0.5, 0.6) is 0 Å². The summed E-state index contributed by atoms with van der Waals surface area (Å²) in [5.74, 6) is -0.633. The molecule has 130 valence electrons. The average Bonchev–Trinajstić information content (AvgIpc) is 3.45. The minimum atomic E-state index is -0.796. The van der Waals surface area contributed by atoms with Crippen LogP contribution in [0.3, 0.4) is 0 Å². The van der Waals surface area contributed by atoms with Crippen LogP contribution in [0.25, 0.3) is 0 Å². The lowest BCUT2D eigenvalue weighted by atomic mass is 10.1. The number of nitrogens with one attached hydrogen (secondary N) is 1. The molecule has 1 aliphatic rings. The summed E-state index contributed by atoms with van der Waals surface area (Å²) in [5.41, 5.74) is 0.858. The van der Waals surface area contributed by atoms with Crippen LogP contribution >= 0.6 is 11.8 Å². The third kappa shape index (κ3) is 5.10. The first-order valence-electron chi connectivity index (χ1n) is 8.41. The molecule has 2 aromatic rings. The molecule has 2 aromatic carbocycles. The monoisotopic (exact) mass is 355 g/mol. The predicted molar refractivity (Wildman–Crippen MR) is 98.2 cm³/mol. The van der Waals surface area contributed by atoms with E-state index in [2.05, 4.69) is 5.32 Å². The SMILES string of the molecule is C[C@H](OC(=O)[C@H](Sc1ccccc1)c1ccccc1)C(=O)NC1CC1. The fourth-order valence-electron chi connectivity index (χ4n) is 2.35. The minimum absolute atomic E-state index is 0.229. The van der Waals surface area contributed by atoms with Crippen LogP contribution in [0, 0.1) is 0 Å². The van der Waals surface area contributed by atoms with Crippen LogP contribution in [-0.4, -0.2) is 24.0 Å². The highest BCUT2D eigenvalue weighted by molar-refractivity contribution is 8.00. The second-order valence-electron chi connectivity index (χ2n) is 6.08. The summed E-state index contributed by atoms with van der Waals surface area (Å²) in [4.78, 5) is 25.8. The van der Waals surface area contributed by atoms with Crippen molar-refractivity contribution in [1.29, 1.82) is 0 Å². The van der Waals surface area contributed by atoms with E-state index in [4.69, 9.17) is 4.74 Å². The molecule has 0 radical (unpaired) electrons. The van der Waals surface area contributed by atoms with E-state index >= 15 is 0 Å². The molecule has 5 heteroatoms. The molecule has 2 atom stereocenters. The number of thioether (sulfide) groups is 1. The van der Waals surface area contributed by atoms with Crippen LogP contribution in [0.4, 0.5) is 0 Å². The molecule has 25 heavy (non-hydrogen) atoms. The third-order valence-corrected chi connectivity index (χ3v) is 5.14. The van der Waals surface area contributed by atoms with Gasteiger partial charge in [-0.15, -0.1) is 11.8 Å². The summed E-state index contributed by atoms with van der Waals surface area (Å²) in [6.07, 6.45) is 1.21. The normalized spacial score (nSPS) is 15.9. The standard InChI is InChI=1S/C20H21NO3S/c1-14(19(22)21-16-12-13-16)24-20(23)18(15-8-4-2-5-9-15)25-17-10-6-3-7-11-17/h2-11,14,16,18H,12-13H2,1H3,(H,21,22)/t14-,18+/m0/s1. The molecule has 3 rings (SSSR count). The Morgan fingerprint density at radius 3 is 2.24 bits per heavy atom. The van der Waals surface area contributed by atoms with E-state index in [0.717, 1.165) is 23.3 Å². The van der Waals surface area contributed by atoms with E-state index in [-0.39, 0.29) is 11.9 Å². The lowest BCUT2D eigenvalue weighted by Crippen LogP contribution is -2.37. The lowest BCUT2D eigenvalue weighted by Gasteiger charge is -2.19. The van der Waals surface area contributed by atoms with Gasteiger partial charge in [-0.25, -0.2) is 0 Å². The van der Waals surface area contributed by atoms with Gasteiger partial charge in [0.05, 0.1) is 0 Å². The number of ether oxygens (including phenoxy) is 1. The highest BCUT2D eigenvalue weighted by Gasteiger charge is 2.30. The molecule has 1 saturated carbocycles. The van der Waals surface area contributed by atoms with E-state index in [1.165, 1.54) is 11.8 Å². The zero-order valence-electron chi connectivity index (χ0n) is 14.1. The number of benzene rings is 2. The quantitative estimate of drug-likeness (QED) is 0.607. The zero-order valence-corrected chi connectivity index (χ0v) is 14.9. The summed E-state index contributed by atoms with van der Waals surface area (Å²) < 4.78 is 5.46. The van der Waals surface area contributed by atoms with Crippen molar-refractivity contribution in [3.8, 4) is 0 Å². The zero-order chi connectivity index (χ0) is 17.6. The summed E-state index contributed by atoms with van der Waals surface area (Å²) >= 11 is 1.42. The molecule has 0 heterocycles. The van der Waals surface area contributed by atoms with Gasteiger partial charge in [0.25, 0.3) is 5.91 Å². The van der Waals surface area contributed by atoms with Crippen molar-refractivity contribution in [2.45, 2.75) is 42.1 Å². The lowest BCUT2D eigenvalue weighted by molar-refractivity contribution is -0.154.